The summed E-state index contributed by atoms with van der Waals surface area (Å²) in [6.07, 6.45) is 0.680. The van der Waals surface area contributed by atoms with E-state index in [2.05, 4.69) is 4.74 Å². The van der Waals surface area contributed by atoms with Gasteiger partial charge in [-0.3, -0.25) is 9.59 Å². The van der Waals surface area contributed by atoms with Gasteiger partial charge < -0.3 is 29.5 Å². The molecule has 0 bridgehead atoms. The van der Waals surface area contributed by atoms with Crippen molar-refractivity contribution in [1.82, 2.24) is 0 Å². The number of aliphatic hydroxyl groups is 2. The summed E-state index contributed by atoms with van der Waals surface area (Å²) in [5, 5.41) is 30.4. The van der Waals surface area contributed by atoms with Gasteiger partial charge in [0.1, 0.15) is 11.4 Å². The third kappa shape index (κ3) is 5.11. The molecule has 3 N–H and O–H groups in total. The molecule has 152 valence electrons. The highest BCUT2D eigenvalue weighted by Crippen LogP contribution is 2.38. The summed E-state index contributed by atoms with van der Waals surface area (Å²) in [5.74, 6) is -1.18. The summed E-state index contributed by atoms with van der Waals surface area (Å²) >= 11 is 0. The van der Waals surface area contributed by atoms with Crippen LogP contribution < -0.4 is 0 Å². The van der Waals surface area contributed by atoms with E-state index >= 15 is 0 Å². The number of aromatic hydroxyl groups is 1. The molecule has 1 aliphatic heterocycles. The quantitative estimate of drug-likeness (QED) is 0.469. The van der Waals surface area contributed by atoms with Crippen LogP contribution in [0.4, 0.5) is 0 Å². The molecule has 8 nitrogen and oxygen atoms in total. The molecule has 1 aromatic rings. The molecular formula is C20H24O8. The molecule has 1 aliphatic rings. The summed E-state index contributed by atoms with van der Waals surface area (Å²) in [5.41, 5.74) is -0.917. The smallest absolute Gasteiger partial charge is 0.309 e. The average Bonchev–Trinajstić information content (AvgIpc) is 2.66. The molecule has 0 aliphatic carbocycles. The van der Waals surface area contributed by atoms with Crippen LogP contribution in [-0.2, 0) is 30.2 Å². The van der Waals surface area contributed by atoms with Gasteiger partial charge >= 0.3 is 11.9 Å². The van der Waals surface area contributed by atoms with E-state index < -0.39 is 30.3 Å². The van der Waals surface area contributed by atoms with E-state index in [4.69, 9.17) is 9.47 Å². The van der Waals surface area contributed by atoms with Crippen molar-refractivity contribution in [3.8, 4) is 5.75 Å². The minimum absolute atomic E-state index is 0.0457. The molecule has 0 aromatic heterocycles. The Hall–Kier alpha value is -2.84. The summed E-state index contributed by atoms with van der Waals surface area (Å²) in [4.78, 5) is 24.0. The van der Waals surface area contributed by atoms with Gasteiger partial charge in [0, 0.05) is 17.6 Å². The van der Waals surface area contributed by atoms with E-state index in [0.29, 0.717) is 6.42 Å². The van der Waals surface area contributed by atoms with Gasteiger partial charge in [-0.15, -0.1) is 0 Å². The highest BCUT2D eigenvalue weighted by Gasteiger charge is 2.45. The zero-order valence-corrected chi connectivity index (χ0v) is 15.8. The standard InChI is InChI=1S/C20H24O8/c1-3-16-19(24)28-12-14(10-17(22)26-2)20(16,25)11-18(23)27-9-8-13-4-6-15(21)7-5-13/h3-7,12,19,21,24-25H,8-11H2,1-2H3/b16-3-/t19-,20+/m1/s1. The van der Waals surface area contributed by atoms with E-state index in [-0.39, 0.29) is 29.9 Å². The zero-order chi connectivity index (χ0) is 20.7. The SMILES string of the molecule is C/C=C1/[C@H](O)OC=C(CC(=O)OC)[C@@]1(O)CC(=O)OCCc1ccc(O)cc1. The van der Waals surface area contributed by atoms with Gasteiger partial charge in [0.2, 0.25) is 6.29 Å². The highest BCUT2D eigenvalue weighted by atomic mass is 16.6. The minimum Gasteiger partial charge on any atom is -0.508 e. The molecule has 8 heteroatoms. The van der Waals surface area contributed by atoms with E-state index in [1.54, 1.807) is 19.1 Å². The number of rotatable bonds is 7. The molecule has 1 aromatic carbocycles. The van der Waals surface area contributed by atoms with Crippen molar-refractivity contribution in [2.45, 2.75) is 38.1 Å². The van der Waals surface area contributed by atoms with Crippen LogP contribution in [0.15, 0.2) is 47.7 Å². The Bertz CT molecular complexity index is 765. The Morgan fingerprint density at radius 1 is 1.25 bits per heavy atom. The summed E-state index contributed by atoms with van der Waals surface area (Å²) in [6.45, 7) is 1.64. The Morgan fingerprint density at radius 2 is 1.93 bits per heavy atom. The van der Waals surface area contributed by atoms with Crippen molar-refractivity contribution in [1.29, 1.82) is 0 Å². The lowest BCUT2D eigenvalue weighted by molar-refractivity contribution is -0.150. The second-order valence-electron chi connectivity index (χ2n) is 6.30. The maximum Gasteiger partial charge on any atom is 0.309 e. The monoisotopic (exact) mass is 392 g/mol. The van der Waals surface area contributed by atoms with Gasteiger partial charge in [-0.05, 0) is 24.6 Å². The first-order chi connectivity index (χ1) is 13.3. The van der Waals surface area contributed by atoms with Gasteiger partial charge in [-0.25, -0.2) is 0 Å². The number of allylic oxidation sites excluding steroid dienone is 1. The fourth-order valence-corrected chi connectivity index (χ4v) is 2.92. The van der Waals surface area contributed by atoms with E-state index in [1.807, 2.05) is 0 Å². The van der Waals surface area contributed by atoms with Crippen LogP contribution in [0.25, 0.3) is 0 Å². The number of ether oxygens (including phenoxy) is 3. The Labute approximate surface area is 162 Å². The van der Waals surface area contributed by atoms with Gasteiger partial charge in [0.25, 0.3) is 0 Å². The van der Waals surface area contributed by atoms with E-state index in [9.17, 15) is 24.9 Å². The molecule has 0 radical (unpaired) electrons. The van der Waals surface area contributed by atoms with E-state index in [1.165, 1.54) is 25.3 Å². The number of hydrogen-bond acceptors (Lipinski definition) is 8. The second kappa shape index (κ2) is 9.38. The van der Waals surface area contributed by atoms with Crippen molar-refractivity contribution in [2.24, 2.45) is 0 Å². The largest absolute Gasteiger partial charge is 0.508 e. The first-order valence-electron chi connectivity index (χ1n) is 8.72. The number of carbonyl (C=O) groups excluding carboxylic acids is 2. The van der Waals surface area contributed by atoms with Crippen molar-refractivity contribution >= 4 is 11.9 Å². The molecular weight excluding hydrogens is 368 g/mol. The maximum absolute atomic E-state index is 12.3. The Morgan fingerprint density at radius 3 is 2.54 bits per heavy atom. The molecule has 0 saturated carbocycles. The number of hydrogen-bond donors (Lipinski definition) is 3. The number of methoxy groups -OCH3 is 1. The number of carbonyl (C=O) groups is 2. The van der Waals surface area contributed by atoms with Crippen LogP contribution in [0.5, 0.6) is 5.75 Å². The van der Waals surface area contributed by atoms with E-state index in [0.717, 1.165) is 11.8 Å². The van der Waals surface area contributed by atoms with Crippen LogP contribution in [0, 0.1) is 0 Å². The second-order valence-corrected chi connectivity index (χ2v) is 6.30. The Kier molecular flexibility index (Phi) is 7.19. The molecule has 1 heterocycles. The van der Waals surface area contributed by atoms with Crippen molar-refractivity contribution in [3.05, 3.63) is 53.3 Å². The highest BCUT2D eigenvalue weighted by molar-refractivity contribution is 5.76. The first-order valence-corrected chi connectivity index (χ1v) is 8.72. The van der Waals surface area contributed by atoms with Gasteiger partial charge in [0.15, 0.2) is 0 Å². The predicted octanol–water partition coefficient (Wildman–Crippen LogP) is 1.34. The summed E-state index contributed by atoms with van der Waals surface area (Å²) in [7, 11) is 1.20. The van der Waals surface area contributed by atoms with Crippen molar-refractivity contribution in [3.63, 3.8) is 0 Å². The lowest BCUT2D eigenvalue weighted by Gasteiger charge is -2.37. The molecule has 0 amide bonds. The fourth-order valence-electron chi connectivity index (χ4n) is 2.92. The normalized spacial score (nSPS) is 22.9. The van der Waals surface area contributed by atoms with Crippen LogP contribution in [0.3, 0.4) is 0 Å². The van der Waals surface area contributed by atoms with Crippen LogP contribution in [-0.4, -0.2) is 52.9 Å². The average molecular weight is 392 g/mol. The molecule has 0 fully saturated rings. The summed E-state index contributed by atoms with van der Waals surface area (Å²) < 4.78 is 14.9. The molecule has 2 atom stereocenters. The molecule has 0 spiro atoms. The number of phenols is 1. The first kappa shape index (κ1) is 21.5. The number of phenolic OH excluding ortho intramolecular Hbond substituents is 1. The predicted molar refractivity (Wildman–Crippen MR) is 97.9 cm³/mol. The number of benzene rings is 1. The molecule has 0 unspecified atom stereocenters. The van der Waals surface area contributed by atoms with Crippen LogP contribution >= 0.6 is 0 Å². The van der Waals surface area contributed by atoms with Crippen LogP contribution in [0.2, 0.25) is 0 Å². The maximum atomic E-state index is 12.3. The van der Waals surface area contributed by atoms with Gasteiger partial charge in [0.05, 0.1) is 32.8 Å². The third-order valence-corrected chi connectivity index (χ3v) is 4.48. The fraction of sp³-hybridized carbons (Fsp3) is 0.400. The summed E-state index contributed by atoms with van der Waals surface area (Å²) in [6, 6.07) is 6.48. The minimum atomic E-state index is -1.92. The lowest BCUT2D eigenvalue weighted by Crippen LogP contribution is -2.45. The molecule has 2 rings (SSSR count). The van der Waals surface area contributed by atoms with Crippen molar-refractivity contribution < 1.29 is 39.1 Å². The third-order valence-electron chi connectivity index (χ3n) is 4.48. The van der Waals surface area contributed by atoms with Gasteiger partial charge in [-0.1, -0.05) is 18.2 Å². The van der Waals surface area contributed by atoms with Gasteiger partial charge in [-0.2, -0.15) is 0 Å². The Balaban J connectivity index is 2.06. The lowest BCUT2D eigenvalue weighted by atomic mass is 9.80. The molecule has 28 heavy (non-hydrogen) atoms. The molecule has 0 saturated heterocycles. The number of esters is 2. The topological polar surface area (TPSA) is 123 Å². The van der Waals surface area contributed by atoms with Crippen molar-refractivity contribution in [2.75, 3.05) is 13.7 Å². The van der Waals surface area contributed by atoms with Crippen LogP contribution in [0.1, 0.15) is 25.3 Å². The zero-order valence-electron chi connectivity index (χ0n) is 15.8. The number of aliphatic hydroxyl groups excluding tert-OH is 1.